The Bertz CT molecular complexity index is 779. The lowest BCUT2D eigenvalue weighted by molar-refractivity contribution is -0.112. The fourth-order valence-electron chi connectivity index (χ4n) is 1.95. The van der Waals surface area contributed by atoms with Gasteiger partial charge in [0.25, 0.3) is 5.91 Å². The highest BCUT2D eigenvalue weighted by Crippen LogP contribution is 2.24. The number of anilines is 1. The Morgan fingerprint density at radius 1 is 1.30 bits per heavy atom. The summed E-state index contributed by atoms with van der Waals surface area (Å²) in [5.41, 5.74) is 0.788. The number of carbonyl (C=O) groups is 1. The van der Waals surface area contributed by atoms with Crippen molar-refractivity contribution in [2.75, 3.05) is 11.9 Å². The Morgan fingerprint density at radius 2 is 2.09 bits per heavy atom. The van der Waals surface area contributed by atoms with E-state index in [1.807, 2.05) is 13.0 Å². The van der Waals surface area contributed by atoms with Gasteiger partial charge in [0.2, 0.25) is 0 Å². The van der Waals surface area contributed by atoms with Crippen LogP contribution in [0, 0.1) is 17.1 Å². The van der Waals surface area contributed by atoms with Crippen LogP contribution in [0.5, 0.6) is 5.75 Å². The lowest BCUT2D eigenvalue weighted by Gasteiger charge is -2.10. The molecule has 0 atom stereocenters. The van der Waals surface area contributed by atoms with Crippen molar-refractivity contribution in [1.29, 1.82) is 5.26 Å². The van der Waals surface area contributed by atoms with Crippen LogP contribution in [-0.2, 0) is 4.79 Å². The van der Waals surface area contributed by atoms with Gasteiger partial charge in [-0.05, 0) is 42.8 Å². The SMILES string of the molecule is CCOc1ccccc1NC(=O)/C(C#N)=C\c1cccc(F)c1. The second-order valence-electron chi connectivity index (χ2n) is 4.61. The normalized spacial score (nSPS) is 10.7. The van der Waals surface area contributed by atoms with Gasteiger partial charge in [-0.1, -0.05) is 24.3 Å². The van der Waals surface area contributed by atoms with Gasteiger partial charge in [0.15, 0.2) is 0 Å². The highest BCUT2D eigenvalue weighted by atomic mass is 19.1. The first-order valence-corrected chi connectivity index (χ1v) is 7.04. The van der Waals surface area contributed by atoms with Crippen LogP contribution in [0.4, 0.5) is 10.1 Å². The van der Waals surface area contributed by atoms with Gasteiger partial charge in [-0.2, -0.15) is 5.26 Å². The predicted octanol–water partition coefficient (Wildman–Crippen LogP) is 3.77. The molecule has 0 heterocycles. The number of nitrogens with one attached hydrogen (secondary N) is 1. The molecule has 116 valence electrons. The van der Waals surface area contributed by atoms with Crippen LogP contribution >= 0.6 is 0 Å². The number of halogens is 1. The zero-order chi connectivity index (χ0) is 16.7. The minimum absolute atomic E-state index is 0.123. The van der Waals surface area contributed by atoms with Gasteiger partial charge < -0.3 is 10.1 Å². The first kappa shape index (κ1) is 16.2. The minimum atomic E-state index is -0.580. The molecule has 0 unspecified atom stereocenters. The molecule has 0 aliphatic heterocycles. The third-order valence-corrected chi connectivity index (χ3v) is 2.96. The Kier molecular flexibility index (Phi) is 5.48. The number of nitriles is 1. The quantitative estimate of drug-likeness (QED) is 0.675. The zero-order valence-corrected chi connectivity index (χ0v) is 12.5. The number of para-hydroxylation sites is 2. The molecule has 2 aromatic carbocycles. The van der Waals surface area contributed by atoms with Crippen molar-refractivity contribution < 1.29 is 13.9 Å². The minimum Gasteiger partial charge on any atom is -0.492 e. The second-order valence-corrected chi connectivity index (χ2v) is 4.61. The van der Waals surface area contributed by atoms with E-state index in [2.05, 4.69) is 5.32 Å². The standard InChI is InChI=1S/C18H15FN2O2/c1-2-23-17-9-4-3-8-16(17)21-18(22)14(12-20)10-13-6-5-7-15(19)11-13/h3-11H,2H2,1H3,(H,21,22)/b14-10-. The fourth-order valence-corrected chi connectivity index (χ4v) is 1.95. The number of ether oxygens (including phenoxy) is 1. The molecule has 0 saturated carbocycles. The summed E-state index contributed by atoms with van der Waals surface area (Å²) in [7, 11) is 0. The van der Waals surface area contributed by atoms with E-state index in [1.165, 1.54) is 24.3 Å². The van der Waals surface area contributed by atoms with Crippen LogP contribution in [0.1, 0.15) is 12.5 Å². The molecule has 0 fully saturated rings. The van der Waals surface area contributed by atoms with Gasteiger partial charge in [0.1, 0.15) is 23.2 Å². The Balaban J connectivity index is 2.23. The van der Waals surface area contributed by atoms with Crippen LogP contribution in [-0.4, -0.2) is 12.5 Å². The molecule has 5 heteroatoms. The molecular formula is C18H15FN2O2. The molecule has 2 aromatic rings. The lowest BCUT2D eigenvalue weighted by Crippen LogP contribution is -2.14. The number of nitrogens with zero attached hydrogens (tertiary/aromatic N) is 1. The molecule has 4 nitrogen and oxygen atoms in total. The molecule has 1 N–H and O–H groups in total. The number of benzene rings is 2. The van der Waals surface area contributed by atoms with E-state index < -0.39 is 11.7 Å². The first-order valence-electron chi connectivity index (χ1n) is 7.04. The maximum absolute atomic E-state index is 13.2. The molecule has 1 amide bonds. The van der Waals surface area contributed by atoms with E-state index in [0.717, 1.165) is 0 Å². The average molecular weight is 310 g/mol. The van der Waals surface area contributed by atoms with E-state index >= 15 is 0 Å². The van der Waals surface area contributed by atoms with Crippen molar-refractivity contribution >= 4 is 17.7 Å². The predicted molar refractivity (Wildman–Crippen MR) is 86.2 cm³/mol. The van der Waals surface area contributed by atoms with Crippen molar-refractivity contribution in [3.8, 4) is 11.8 Å². The molecule has 0 radical (unpaired) electrons. The van der Waals surface area contributed by atoms with Gasteiger partial charge in [0, 0.05) is 0 Å². The number of carbonyl (C=O) groups excluding carboxylic acids is 1. The summed E-state index contributed by atoms with van der Waals surface area (Å²) >= 11 is 0. The van der Waals surface area contributed by atoms with Crippen molar-refractivity contribution in [3.05, 3.63) is 65.5 Å². The smallest absolute Gasteiger partial charge is 0.266 e. The average Bonchev–Trinajstić information content (AvgIpc) is 2.54. The second kappa shape index (κ2) is 7.76. The maximum Gasteiger partial charge on any atom is 0.266 e. The molecule has 0 aliphatic carbocycles. The van der Waals surface area contributed by atoms with Crippen LogP contribution in [0.15, 0.2) is 54.1 Å². The Morgan fingerprint density at radius 3 is 2.78 bits per heavy atom. The fraction of sp³-hybridized carbons (Fsp3) is 0.111. The topological polar surface area (TPSA) is 62.1 Å². The van der Waals surface area contributed by atoms with Gasteiger partial charge in [0.05, 0.1) is 12.3 Å². The number of amides is 1. The van der Waals surface area contributed by atoms with Gasteiger partial charge in [-0.25, -0.2) is 4.39 Å². The van der Waals surface area contributed by atoms with Gasteiger partial charge >= 0.3 is 0 Å². The van der Waals surface area contributed by atoms with Crippen molar-refractivity contribution in [2.24, 2.45) is 0 Å². The highest BCUT2D eigenvalue weighted by molar-refractivity contribution is 6.10. The molecule has 0 aromatic heterocycles. The summed E-state index contributed by atoms with van der Waals surface area (Å²) in [6.07, 6.45) is 1.34. The van der Waals surface area contributed by atoms with E-state index in [4.69, 9.17) is 4.74 Å². The van der Waals surface area contributed by atoms with E-state index in [-0.39, 0.29) is 5.57 Å². The van der Waals surface area contributed by atoms with Crippen LogP contribution in [0.3, 0.4) is 0 Å². The number of hydrogen-bond acceptors (Lipinski definition) is 3. The lowest BCUT2D eigenvalue weighted by atomic mass is 10.1. The van der Waals surface area contributed by atoms with Crippen molar-refractivity contribution in [2.45, 2.75) is 6.92 Å². The third kappa shape index (κ3) is 4.42. The summed E-state index contributed by atoms with van der Waals surface area (Å²) in [6.45, 7) is 2.29. The molecule has 2 rings (SSSR count). The summed E-state index contributed by atoms with van der Waals surface area (Å²) in [4.78, 5) is 12.2. The summed E-state index contributed by atoms with van der Waals surface area (Å²) in [6, 6.07) is 14.4. The van der Waals surface area contributed by atoms with Gasteiger partial charge in [-0.15, -0.1) is 0 Å². The van der Waals surface area contributed by atoms with Crippen LogP contribution < -0.4 is 10.1 Å². The molecule has 23 heavy (non-hydrogen) atoms. The summed E-state index contributed by atoms with van der Waals surface area (Å²) in [5.74, 6) is -0.492. The Labute approximate surface area is 133 Å². The molecule has 0 saturated heterocycles. The van der Waals surface area contributed by atoms with Crippen molar-refractivity contribution in [3.63, 3.8) is 0 Å². The number of hydrogen-bond donors (Lipinski definition) is 1. The largest absolute Gasteiger partial charge is 0.492 e. The summed E-state index contributed by atoms with van der Waals surface area (Å²) in [5, 5.41) is 11.8. The van der Waals surface area contributed by atoms with Gasteiger partial charge in [-0.3, -0.25) is 4.79 Å². The summed E-state index contributed by atoms with van der Waals surface area (Å²) < 4.78 is 18.6. The molecular weight excluding hydrogens is 295 g/mol. The molecule has 0 aliphatic rings. The molecule has 0 bridgehead atoms. The molecule has 0 spiro atoms. The van der Waals surface area contributed by atoms with Crippen molar-refractivity contribution in [1.82, 2.24) is 0 Å². The maximum atomic E-state index is 13.2. The van der Waals surface area contributed by atoms with E-state index in [0.29, 0.717) is 23.6 Å². The zero-order valence-electron chi connectivity index (χ0n) is 12.5. The highest BCUT2D eigenvalue weighted by Gasteiger charge is 2.12. The van der Waals surface area contributed by atoms with Crippen LogP contribution in [0.25, 0.3) is 6.08 Å². The van der Waals surface area contributed by atoms with E-state index in [9.17, 15) is 14.4 Å². The Hall–Kier alpha value is -3.13. The first-order chi connectivity index (χ1) is 11.1. The monoisotopic (exact) mass is 310 g/mol. The van der Waals surface area contributed by atoms with E-state index in [1.54, 1.807) is 30.3 Å². The number of rotatable bonds is 5. The third-order valence-electron chi connectivity index (χ3n) is 2.96. The van der Waals surface area contributed by atoms with Crippen LogP contribution in [0.2, 0.25) is 0 Å².